The molecule has 0 nitrogen and oxygen atoms in total. The van der Waals surface area contributed by atoms with Gasteiger partial charge in [0.05, 0.1) is 0 Å². The summed E-state index contributed by atoms with van der Waals surface area (Å²) in [5, 5.41) is 1.56. The molecule has 0 amide bonds. The maximum absolute atomic E-state index is 2.50. The molecule has 0 saturated carbocycles. The Bertz CT molecular complexity index is 96.8. The van der Waals surface area contributed by atoms with Crippen molar-refractivity contribution in [3.8, 4) is 0 Å². The zero-order valence-electron chi connectivity index (χ0n) is 9.77. The number of hydrogen-bond acceptors (Lipinski definition) is 0. The van der Waals surface area contributed by atoms with Crippen LogP contribution in [0.15, 0.2) is 0 Å². The summed E-state index contributed by atoms with van der Waals surface area (Å²) in [4.78, 5) is 0. The van der Waals surface area contributed by atoms with Crippen molar-refractivity contribution >= 4 is 13.6 Å². The van der Waals surface area contributed by atoms with Crippen molar-refractivity contribution < 1.29 is 17.0 Å². The molecule has 0 unspecified atom stereocenters. The Kier molecular flexibility index (Phi) is 12.1. The first-order valence-corrected chi connectivity index (χ1v) is 12.3. The van der Waals surface area contributed by atoms with Crippen LogP contribution in [-0.2, 0) is 0 Å². The first kappa shape index (κ1) is 16.5. The molecule has 0 aliphatic heterocycles. The van der Waals surface area contributed by atoms with E-state index in [-0.39, 0.29) is 17.0 Å². The van der Waals surface area contributed by atoms with E-state index in [1.54, 1.807) is 5.21 Å². The quantitative estimate of drug-likeness (QED) is 0.496. The summed E-state index contributed by atoms with van der Waals surface area (Å²) in [6.45, 7) is 2.28. The molecule has 0 aliphatic carbocycles. The molecule has 0 atom stereocenters. The smallest absolute Gasteiger partial charge is 1.00 e. The Labute approximate surface area is 98.1 Å². The van der Waals surface area contributed by atoms with Gasteiger partial charge in [0.25, 0.3) is 0 Å². The van der Waals surface area contributed by atoms with Crippen molar-refractivity contribution in [3.05, 3.63) is 0 Å². The molecule has 0 aromatic heterocycles. The summed E-state index contributed by atoms with van der Waals surface area (Å²) in [6, 6.07) is 0. The minimum Gasteiger partial charge on any atom is -1.00 e. The Morgan fingerprint density at radius 3 is 1.69 bits per heavy atom. The average Bonchev–Trinajstić information content (AvgIpc) is 1.94. The molecule has 13 heavy (non-hydrogen) atoms. The Hall–Kier alpha value is 1.04. The summed E-state index contributed by atoms with van der Waals surface area (Å²) >= 11 is -1.03. The zero-order chi connectivity index (χ0) is 9.45. The number of halogens is 1. The van der Waals surface area contributed by atoms with Gasteiger partial charge in [0.1, 0.15) is 0 Å². The molecule has 0 fully saturated rings. The Balaban J connectivity index is 0. The van der Waals surface area contributed by atoms with Gasteiger partial charge in [0.2, 0.25) is 0 Å². The van der Waals surface area contributed by atoms with Crippen LogP contribution in [0, 0.1) is 0 Å². The van der Waals surface area contributed by atoms with E-state index in [0.29, 0.717) is 0 Å². The van der Waals surface area contributed by atoms with E-state index in [2.05, 4.69) is 24.1 Å². The summed E-state index contributed by atoms with van der Waals surface area (Å²) in [5.41, 5.74) is 7.51. The normalized spacial score (nSPS) is 11.1. The number of rotatable bonds is 7. The van der Waals surface area contributed by atoms with Gasteiger partial charge >= 0.3 is 81.3 Å². The van der Waals surface area contributed by atoms with Crippen LogP contribution >= 0.6 is 0 Å². The van der Waals surface area contributed by atoms with Gasteiger partial charge in [0.15, 0.2) is 0 Å². The summed E-state index contributed by atoms with van der Waals surface area (Å²) in [6.07, 6.45) is 8.74. The van der Waals surface area contributed by atoms with Crippen molar-refractivity contribution in [1.29, 1.82) is 0 Å². The molecule has 0 spiro atoms. The molecule has 82 valence electrons. The molecule has 2 heteroatoms. The summed E-state index contributed by atoms with van der Waals surface area (Å²) in [5.74, 6) is 0. The van der Waals surface area contributed by atoms with E-state index in [0.717, 1.165) is 0 Å². The van der Waals surface area contributed by atoms with Crippen LogP contribution in [0.2, 0.25) is 22.3 Å². The van der Waals surface area contributed by atoms with Gasteiger partial charge in [-0.1, -0.05) is 0 Å². The third kappa shape index (κ3) is 15.8. The molecule has 0 aromatic rings. The second-order valence-corrected chi connectivity index (χ2v) is 15.3. The van der Waals surface area contributed by atoms with Crippen LogP contribution in [0.25, 0.3) is 0 Å². The fourth-order valence-corrected chi connectivity index (χ4v) is 3.83. The Morgan fingerprint density at radius 2 is 1.23 bits per heavy atom. The summed E-state index contributed by atoms with van der Waals surface area (Å²) < 4.78 is 0. The van der Waals surface area contributed by atoms with Gasteiger partial charge in [-0.05, 0) is 0 Å². The SMILES string of the molecule is CCCCCCCC[As+](C)(C)C.[Br-]. The molecular weight excluding hydrogens is 287 g/mol. The zero-order valence-corrected chi connectivity index (χ0v) is 13.2. The fourth-order valence-electron chi connectivity index (χ4n) is 1.37. The topological polar surface area (TPSA) is 0 Å². The largest absolute Gasteiger partial charge is 1.00 e. The predicted molar refractivity (Wildman–Crippen MR) is 61.5 cm³/mol. The molecule has 0 aromatic carbocycles. The van der Waals surface area contributed by atoms with Gasteiger partial charge in [-0.15, -0.1) is 0 Å². The van der Waals surface area contributed by atoms with Crippen LogP contribution in [-0.4, -0.2) is 13.6 Å². The van der Waals surface area contributed by atoms with E-state index < -0.39 is 13.6 Å². The maximum atomic E-state index is 2.50. The van der Waals surface area contributed by atoms with Crippen molar-refractivity contribution in [1.82, 2.24) is 0 Å². The second-order valence-electron chi connectivity index (χ2n) is 4.78. The average molecular weight is 313 g/mol. The first-order chi connectivity index (χ1) is 5.56. The standard InChI is InChI=1S/C11H26As.BrH/c1-5-6-7-8-9-10-11-12(2,3)4;/h5-11H2,1-4H3;1H/q+1;/p-1. The van der Waals surface area contributed by atoms with E-state index in [1.807, 2.05) is 0 Å². The van der Waals surface area contributed by atoms with Gasteiger partial charge in [-0.2, -0.15) is 0 Å². The van der Waals surface area contributed by atoms with Crippen LogP contribution in [0.5, 0.6) is 0 Å². The maximum Gasteiger partial charge on any atom is -1.00 e. The van der Waals surface area contributed by atoms with Gasteiger partial charge in [0, 0.05) is 0 Å². The molecule has 0 saturated heterocycles. The minimum absolute atomic E-state index is 0. The predicted octanol–water partition coefficient (Wildman–Crippen LogP) is 1.69. The van der Waals surface area contributed by atoms with Crippen molar-refractivity contribution in [2.75, 3.05) is 0 Å². The van der Waals surface area contributed by atoms with Crippen LogP contribution in [0.4, 0.5) is 0 Å². The number of unbranched alkanes of at least 4 members (excludes halogenated alkanes) is 5. The van der Waals surface area contributed by atoms with E-state index in [4.69, 9.17) is 0 Å². The monoisotopic (exact) mass is 312 g/mol. The van der Waals surface area contributed by atoms with Crippen molar-refractivity contribution in [2.24, 2.45) is 0 Å². The Morgan fingerprint density at radius 1 is 0.769 bits per heavy atom. The van der Waals surface area contributed by atoms with Crippen LogP contribution in [0.1, 0.15) is 45.4 Å². The van der Waals surface area contributed by atoms with Gasteiger partial charge in [-0.3, -0.25) is 0 Å². The van der Waals surface area contributed by atoms with Crippen LogP contribution in [0.3, 0.4) is 0 Å². The van der Waals surface area contributed by atoms with E-state index in [9.17, 15) is 0 Å². The summed E-state index contributed by atoms with van der Waals surface area (Å²) in [7, 11) is 0. The van der Waals surface area contributed by atoms with Crippen LogP contribution < -0.4 is 17.0 Å². The molecule has 0 rings (SSSR count). The van der Waals surface area contributed by atoms with Crippen molar-refractivity contribution in [3.63, 3.8) is 0 Å². The van der Waals surface area contributed by atoms with E-state index in [1.165, 1.54) is 38.5 Å². The molecule has 0 bridgehead atoms. The van der Waals surface area contributed by atoms with Crippen molar-refractivity contribution in [2.45, 2.75) is 67.8 Å². The molecule has 0 aliphatic rings. The number of hydrogen-bond donors (Lipinski definition) is 0. The van der Waals surface area contributed by atoms with E-state index >= 15 is 0 Å². The van der Waals surface area contributed by atoms with Gasteiger partial charge in [-0.25, -0.2) is 0 Å². The minimum atomic E-state index is -1.03. The molecule has 0 radical (unpaired) electrons. The first-order valence-electron chi connectivity index (χ1n) is 5.36. The van der Waals surface area contributed by atoms with Gasteiger partial charge < -0.3 is 17.0 Å². The third-order valence-corrected chi connectivity index (χ3v) is 5.66. The third-order valence-electron chi connectivity index (χ3n) is 2.18. The second kappa shape index (κ2) is 9.59. The molecule has 0 N–H and O–H groups in total. The molecular formula is C11H26AsBr. The molecule has 0 heterocycles. The fraction of sp³-hybridized carbons (Fsp3) is 1.00.